The van der Waals surface area contributed by atoms with E-state index in [1.165, 1.54) is 0 Å². The molecule has 1 aromatic rings. The molecule has 0 radical (unpaired) electrons. The summed E-state index contributed by atoms with van der Waals surface area (Å²) < 4.78 is 5.48. The van der Waals surface area contributed by atoms with Crippen LogP contribution < -0.4 is 10.6 Å². The van der Waals surface area contributed by atoms with Crippen LogP contribution in [-0.4, -0.2) is 19.0 Å². The average molecular weight is 237 g/mol. The maximum atomic E-state index is 5.48. The minimum absolute atomic E-state index is 0.655. The quantitative estimate of drug-likeness (QED) is 0.610. The van der Waals surface area contributed by atoms with Crippen LogP contribution in [0.15, 0.2) is 15.5 Å². The molecule has 1 heterocycles. The van der Waals surface area contributed by atoms with Gasteiger partial charge in [0.1, 0.15) is 11.5 Å². The molecule has 2 N–H and O–H groups in total. The number of aryl methyl sites for hydroxylation is 2. The van der Waals surface area contributed by atoms with Crippen molar-refractivity contribution in [1.82, 2.24) is 10.6 Å². The van der Waals surface area contributed by atoms with Gasteiger partial charge in [-0.15, -0.1) is 0 Å². The monoisotopic (exact) mass is 237 g/mol. The molecule has 0 saturated heterocycles. The van der Waals surface area contributed by atoms with E-state index in [1.54, 1.807) is 0 Å². The smallest absolute Gasteiger partial charge is 0.191 e. The van der Waals surface area contributed by atoms with Gasteiger partial charge in [0.15, 0.2) is 5.96 Å². The lowest BCUT2D eigenvalue weighted by Crippen LogP contribution is -2.37. The van der Waals surface area contributed by atoms with Crippen molar-refractivity contribution in [3.63, 3.8) is 0 Å². The summed E-state index contributed by atoms with van der Waals surface area (Å²) in [5.41, 5.74) is 1.15. The van der Waals surface area contributed by atoms with Gasteiger partial charge in [0.05, 0.1) is 6.54 Å². The number of hydrogen-bond acceptors (Lipinski definition) is 2. The molecule has 0 unspecified atom stereocenters. The van der Waals surface area contributed by atoms with Gasteiger partial charge in [-0.1, -0.05) is 6.92 Å². The molecule has 0 amide bonds. The van der Waals surface area contributed by atoms with Gasteiger partial charge >= 0.3 is 0 Å². The van der Waals surface area contributed by atoms with Crippen LogP contribution in [0, 0.1) is 13.8 Å². The Hall–Kier alpha value is -1.45. The second kappa shape index (κ2) is 6.99. The van der Waals surface area contributed by atoms with E-state index in [4.69, 9.17) is 4.42 Å². The van der Waals surface area contributed by atoms with Gasteiger partial charge in [-0.2, -0.15) is 0 Å². The van der Waals surface area contributed by atoms with Gasteiger partial charge in [-0.3, -0.25) is 0 Å². The number of nitrogens with zero attached hydrogens (tertiary/aromatic N) is 1. The highest BCUT2D eigenvalue weighted by Crippen LogP contribution is 2.14. The highest BCUT2D eigenvalue weighted by atomic mass is 16.3. The van der Waals surface area contributed by atoms with Crippen LogP contribution in [0.25, 0.3) is 0 Å². The Balaban J connectivity index is 2.61. The van der Waals surface area contributed by atoms with Crippen molar-refractivity contribution in [3.05, 3.63) is 23.2 Å². The van der Waals surface area contributed by atoms with E-state index in [9.17, 15) is 0 Å². The average Bonchev–Trinajstić information content (AvgIpc) is 2.61. The van der Waals surface area contributed by atoms with Crippen molar-refractivity contribution >= 4 is 5.96 Å². The van der Waals surface area contributed by atoms with Gasteiger partial charge < -0.3 is 15.1 Å². The minimum Gasteiger partial charge on any atom is -0.466 e. The van der Waals surface area contributed by atoms with Gasteiger partial charge in [0.25, 0.3) is 0 Å². The first-order chi connectivity index (χ1) is 8.17. The van der Waals surface area contributed by atoms with Crippen LogP contribution in [0.4, 0.5) is 0 Å². The Kier molecular flexibility index (Phi) is 5.60. The van der Waals surface area contributed by atoms with Crippen LogP contribution in [0.1, 0.15) is 37.4 Å². The molecule has 0 spiro atoms. The van der Waals surface area contributed by atoms with Crippen molar-refractivity contribution in [2.45, 2.75) is 40.7 Å². The van der Waals surface area contributed by atoms with E-state index < -0.39 is 0 Å². The molecule has 0 atom stereocenters. The predicted molar refractivity (Wildman–Crippen MR) is 71.3 cm³/mol. The van der Waals surface area contributed by atoms with Gasteiger partial charge in [-0.05, 0) is 33.3 Å². The number of guanidine groups is 1. The predicted octanol–water partition coefficient (Wildman–Crippen LogP) is 2.36. The number of furan rings is 1. The Labute approximate surface area is 104 Å². The Morgan fingerprint density at radius 1 is 1.29 bits per heavy atom. The van der Waals surface area contributed by atoms with E-state index in [0.29, 0.717) is 6.54 Å². The molecule has 1 aromatic heterocycles. The molecule has 4 heteroatoms. The zero-order chi connectivity index (χ0) is 12.7. The normalized spacial score (nSPS) is 11.6. The third-order valence-corrected chi connectivity index (χ3v) is 2.44. The molecular formula is C13H23N3O. The molecule has 0 aliphatic rings. The van der Waals surface area contributed by atoms with Crippen LogP contribution in [0.2, 0.25) is 0 Å². The summed E-state index contributed by atoms with van der Waals surface area (Å²) in [7, 11) is 0. The Bertz CT molecular complexity index is 369. The second-order valence-electron chi connectivity index (χ2n) is 4.06. The summed E-state index contributed by atoms with van der Waals surface area (Å²) in [4.78, 5) is 4.53. The molecular weight excluding hydrogens is 214 g/mol. The summed E-state index contributed by atoms with van der Waals surface area (Å²) >= 11 is 0. The van der Waals surface area contributed by atoms with Crippen molar-refractivity contribution < 1.29 is 4.42 Å². The second-order valence-corrected chi connectivity index (χ2v) is 4.06. The lowest BCUT2D eigenvalue weighted by Gasteiger charge is -2.09. The fourth-order valence-corrected chi connectivity index (χ4v) is 1.59. The summed E-state index contributed by atoms with van der Waals surface area (Å²) in [5, 5.41) is 6.50. The lowest BCUT2D eigenvalue weighted by molar-refractivity contribution is 0.501. The maximum Gasteiger partial charge on any atom is 0.191 e. The molecule has 1 rings (SSSR count). The molecule has 96 valence electrons. The standard InChI is InChI=1S/C13H23N3O/c1-5-7-15-13(14-6-2)16-9-12-8-10(3)17-11(12)4/h8H,5-7,9H2,1-4H3,(H2,14,15,16). The highest BCUT2D eigenvalue weighted by molar-refractivity contribution is 5.79. The summed E-state index contributed by atoms with van der Waals surface area (Å²) in [6.45, 7) is 10.6. The zero-order valence-corrected chi connectivity index (χ0v) is 11.3. The van der Waals surface area contributed by atoms with Crippen molar-refractivity contribution in [3.8, 4) is 0 Å². The lowest BCUT2D eigenvalue weighted by atomic mass is 10.2. The van der Waals surface area contributed by atoms with Crippen LogP contribution in [-0.2, 0) is 6.54 Å². The number of rotatable bonds is 5. The molecule has 0 aliphatic heterocycles. The summed E-state index contributed by atoms with van der Waals surface area (Å²) in [5.74, 6) is 2.77. The molecule has 0 fully saturated rings. The van der Waals surface area contributed by atoms with Gasteiger partial charge in [-0.25, -0.2) is 4.99 Å². The van der Waals surface area contributed by atoms with E-state index in [1.807, 2.05) is 19.9 Å². The fraction of sp³-hybridized carbons (Fsp3) is 0.615. The van der Waals surface area contributed by atoms with E-state index in [-0.39, 0.29) is 0 Å². The number of nitrogens with one attached hydrogen (secondary N) is 2. The highest BCUT2D eigenvalue weighted by Gasteiger charge is 2.04. The number of aliphatic imine (C=N–C) groups is 1. The van der Waals surface area contributed by atoms with Gasteiger partial charge in [0.2, 0.25) is 0 Å². The van der Waals surface area contributed by atoms with Crippen molar-refractivity contribution in [2.24, 2.45) is 4.99 Å². The molecule has 0 bridgehead atoms. The third kappa shape index (κ3) is 4.51. The largest absolute Gasteiger partial charge is 0.466 e. The topological polar surface area (TPSA) is 49.6 Å². The Morgan fingerprint density at radius 3 is 2.59 bits per heavy atom. The van der Waals surface area contributed by atoms with E-state index in [2.05, 4.69) is 29.5 Å². The first-order valence-corrected chi connectivity index (χ1v) is 6.25. The van der Waals surface area contributed by atoms with E-state index in [0.717, 1.165) is 42.6 Å². The summed E-state index contributed by atoms with van der Waals surface area (Å²) in [6.07, 6.45) is 1.09. The molecule has 0 aliphatic carbocycles. The van der Waals surface area contributed by atoms with E-state index >= 15 is 0 Å². The number of hydrogen-bond donors (Lipinski definition) is 2. The third-order valence-electron chi connectivity index (χ3n) is 2.44. The van der Waals surface area contributed by atoms with Crippen LogP contribution in [0.5, 0.6) is 0 Å². The zero-order valence-electron chi connectivity index (χ0n) is 11.3. The fourth-order valence-electron chi connectivity index (χ4n) is 1.59. The Morgan fingerprint density at radius 2 is 2.06 bits per heavy atom. The van der Waals surface area contributed by atoms with Gasteiger partial charge in [0, 0.05) is 18.7 Å². The summed E-state index contributed by atoms with van der Waals surface area (Å²) in [6, 6.07) is 2.04. The van der Waals surface area contributed by atoms with Crippen LogP contribution >= 0.6 is 0 Å². The molecule has 0 saturated carbocycles. The minimum atomic E-state index is 0.655. The molecule has 0 aromatic carbocycles. The van der Waals surface area contributed by atoms with Crippen molar-refractivity contribution in [1.29, 1.82) is 0 Å². The maximum absolute atomic E-state index is 5.48. The molecule has 17 heavy (non-hydrogen) atoms. The SMILES string of the molecule is CCCNC(=NCc1cc(C)oc1C)NCC. The van der Waals surface area contributed by atoms with Crippen molar-refractivity contribution in [2.75, 3.05) is 13.1 Å². The van der Waals surface area contributed by atoms with Crippen LogP contribution in [0.3, 0.4) is 0 Å². The first-order valence-electron chi connectivity index (χ1n) is 6.25. The first kappa shape index (κ1) is 13.6. The molecule has 4 nitrogen and oxygen atoms in total.